The van der Waals surface area contributed by atoms with Crippen molar-refractivity contribution in [1.29, 1.82) is 0 Å². The van der Waals surface area contributed by atoms with Gasteiger partial charge >= 0.3 is 7.82 Å². The maximum atomic E-state index is 10.1. The second kappa shape index (κ2) is 4.85. The standard InChI is InChI=1S/C5H12O4P/c1-2-3-4-5-9-10(6,7)8/h1-5H2,(H2,6,7,8). The SMILES string of the molecule is [CH2]CCCCOP(=O)(O)O. The van der Waals surface area contributed by atoms with E-state index in [-0.39, 0.29) is 6.61 Å². The van der Waals surface area contributed by atoms with Crippen LogP contribution in [0.3, 0.4) is 0 Å². The molecule has 4 nitrogen and oxygen atoms in total. The van der Waals surface area contributed by atoms with Gasteiger partial charge in [-0.3, -0.25) is 4.52 Å². The Labute approximate surface area is 60.5 Å². The van der Waals surface area contributed by atoms with Crippen molar-refractivity contribution in [2.75, 3.05) is 6.61 Å². The van der Waals surface area contributed by atoms with E-state index < -0.39 is 7.82 Å². The zero-order valence-corrected chi connectivity index (χ0v) is 6.59. The number of phosphoric ester groups is 1. The van der Waals surface area contributed by atoms with Crippen LogP contribution in [-0.2, 0) is 9.09 Å². The van der Waals surface area contributed by atoms with Crippen molar-refractivity contribution in [2.45, 2.75) is 19.3 Å². The molecule has 0 aromatic carbocycles. The fourth-order valence-electron chi connectivity index (χ4n) is 0.462. The topological polar surface area (TPSA) is 66.8 Å². The predicted molar refractivity (Wildman–Crippen MR) is 37.2 cm³/mol. The maximum Gasteiger partial charge on any atom is 0.469 e. The number of hydrogen-bond donors (Lipinski definition) is 2. The first-order valence-corrected chi connectivity index (χ1v) is 4.58. The summed E-state index contributed by atoms with van der Waals surface area (Å²) in [6.07, 6.45) is 2.25. The fourth-order valence-corrected chi connectivity index (χ4v) is 0.829. The number of rotatable bonds is 5. The third-order valence-corrected chi connectivity index (χ3v) is 1.42. The zero-order valence-electron chi connectivity index (χ0n) is 5.69. The molecule has 10 heavy (non-hydrogen) atoms. The molecule has 0 bridgehead atoms. The summed E-state index contributed by atoms with van der Waals surface area (Å²) >= 11 is 0. The molecule has 61 valence electrons. The second-order valence-electron chi connectivity index (χ2n) is 1.88. The van der Waals surface area contributed by atoms with Crippen molar-refractivity contribution in [3.8, 4) is 0 Å². The van der Waals surface area contributed by atoms with Gasteiger partial charge in [0.25, 0.3) is 0 Å². The van der Waals surface area contributed by atoms with Crippen LogP contribution in [0.15, 0.2) is 0 Å². The van der Waals surface area contributed by atoms with Crippen LogP contribution < -0.4 is 0 Å². The van der Waals surface area contributed by atoms with Gasteiger partial charge in [-0.2, -0.15) is 0 Å². The molecule has 0 heterocycles. The van der Waals surface area contributed by atoms with E-state index >= 15 is 0 Å². The maximum absolute atomic E-state index is 10.1. The van der Waals surface area contributed by atoms with Crippen LogP contribution in [0.4, 0.5) is 0 Å². The van der Waals surface area contributed by atoms with Gasteiger partial charge in [-0.25, -0.2) is 4.57 Å². The van der Waals surface area contributed by atoms with Crippen molar-refractivity contribution in [3.05, 3.63) is 6.92 Å². The third-order valence-electron chi connectivity index (χ3n) is 0.904. The van der Waals surface area contributed by atoms with Crippen molar-refractivity contribution in [3.63, 3.8) is 0 Å². The molecule has 2 N–H and O–H groups in total. The first-order valence-electron chi connectivity index (χ1n) is 3.05. The minimum absolute atomic E-state index is 0.111. The highest BCUT2D eigenvalue weighted by Gasteiger charge is 2.11. The predicted octanol–water partition coefficient (Wildman–Crippen LogP) is 1.10. The highest BCUT2D eigenvalue weighted by atomic mass is 31.2. The van der Waals surface area contributed by atoms with E-state index in [2.05, 4.69) is 11.4 Å². The van der Waals surface area contributed by atoms with Gasteiger partial charge in [0, 0.05) is 0 Å². The Morgan fingerprint density at radius 3 is 2.40 bits per heavy atom. The average Bonchev–Trinajstić information content (AvgIpc) is 1.78. The molecule has 0 amide bonds. The second-order valence-corrected chi connectivity index (χ2v) is 3.12. The van der Waals surface area contributed by atoms with Crippen LogP contribution in [0.25, 0.3) is 0 Å². The average molecular weight is 167 g/mol. The van der Waals surface area contributed by atoms with Crippen LogP contribution in [0.5, 0.6) is 0 Å². The van der Waals surface area contributed by atoms with Gasteiger partial charge in [-0.1, -0.05) is 19.8 Å². The van der Waals surface area contributed by atoms with E-state index in [0.717, 1.165) is 12.8 Å². The van der Waals surface area contributed by atoms with E-state index in [4.69, 9.17) is 9.79 Å². The Bertz CT molecular complexity index is 119. The van der Waals surface area contributed by atoms with Gasteiger partial charge in [-0.05, 0) is 6.42 Å². The smallest absolute Gasteiger partial charge is 0.303 e. The molecule has 0 rings (SSSR count). The highest BCUT2D eigenvalue weighted by Crippen LogP contribution is 2.35. The molecular weight excluding hydrogens is 155 g/mol. The summed E-state index contributed by atoms with van der Waals surface area (Å²) in [6, 6.07) is 0. The Hall–Kier alpha value is 0.110. The molecule has 0 aromatic heterocycles. The molecule has 0 aliphatic heterocycles. The lowest BCUT2D eigenvalue weighted by Gasteiger charge is -2.02. The minimum Gasteiger partial charge on any atom is -0.303 e. The molecule has 0 aliphatic rings. The Balaban J connectivity index is 3.13. The van der Waals surface area contributed by atoms with Crippen molar-refractivity contribution >= 4 is 7.82 Å². The molecule has 1 radical (unpaired) electrons. The van der Waals surface area contributed by atoms with Gasteiger partial charge in [0.05, 0.1) is 6.61 Å². The minimum atomic E-state index is -4.23. The van der Waals surface area contributed by atoms with Crippen molar-refractivity contribution in [2.24, 2.45) is 0 Å². The van der Waals surface area contributed by atoms with E-state index in [9.17, 15) is 4.57 Å². The van der Waals surface area contributed by atoms with Crippen molar-refractivity contribution in [1.82, 2.24) is 0 Å². The zero-order chi connectivity index (χ0) is 8.04. The molecule has 0 spiro atoms. The first kappa shape index (κ1) is 10.1. The van der Waals surface area contributed by atoms with E-state index in [1.54, 1.807) is 0 Å². The van der Waals surface area contributed by atoms with Crippen LogP contribution in [0.1, 0.15) is 19.3 Å². The summed E-state index contributed by atoms with van der Waals surface area (Å²) in [7, 11) is -4.23. The summed E-state index contributed by atoms with van der Waals surface area (Å²) in [5.41, 5.74) is 0. The number of hydrogen-bond acceptors (Lipinski definition) is 2. The lowest BCUT2D eigenvalue weighted by molar-refractivity contribution is 0.194. The Kier molecular flexibility index (Phi) is 4.91. The van der Waals surface area contributed by atoms with Crippen LogP contribution in [0.2, 0.25) is 0 Å². The third kappa shape index (κ3) is 8.11. The first-order chi connectivity index (χ1) is 4.56. The molecule has 0 saturated heterocycles. The quantitative estimate of drug-likeness (QED) is 0.475. The van der Waals surface area contributed by atoms with Gasteiger partial charge in [-0.15, -0.1) is 0 Å². The van der Waals surface area contributed by atoms with Gasteiger partial charge in [0.1, 0.15) is 0 Å². The van der Waals surface area contributed by atoms with E-state index in [1.807, 2.05) is 0 Å². The Morgan fingerprint density at radius 2 is 2.00 bits per heavy atom. The molecule has 0 fully saturated rings. The summed E-state index contributed by atoms with van der Waals surface area (Å²) < 4.78 is 14.2. The number of phosphoric acid groups is 1. The van der Waals surface area contributed by atoms with Crippen LogP contribution in [-0.4, -0.2) is 16.4 Å². The largest absolute Gasteiger partial charge is 0.469 e. The summed E-state index contributed by atoms with van der Waals surface area (Å²) in [5, 5.41) is 0. The van der Waals surface area contributed by atoms with Gasteiger partial charge < -0.3 is 9.79 Å². The molecule has 0 saturated carbocycles. The molecule has 5 heteroatoms. The Morgan fingerprint density at radius 1 is 1.40 bits per heavy atom. The van der Waals surface area contributed by atoms with Crippen molar-refractivity contribution < 1.29 is 18.9 Å². The highest BCUT2D eigenvalue weighted by molar-refractivity contribution is 7.46. The van der Waals surface area contributed by atoms with Gasteiger partial charge in [0.2, 0.25) is 0 Å². The van der Waals surface area contributed by atoms with Crippen LogP contribution in [0, 0.1) is 6.92 Å². The number of unbranched alkanes of at least 4 members (excludes halogenated alkanes) is 2. The van der Waals surface area contributed by atoms with E-state index in [1.165, 1.54) is 0 Å². The monoisotopic (exact) mass is 167 g/mol. The summed E-state index contributed by atoms with van der Waals surface area (Å²) in [5.74, 6) is 0. The van der Waals surface area contributed by atoms with Gasteiger partial charge in [0.15, 0.2) is 0 Å². The fraction of sp³-hybridized carbons (Fsp3) is 0.800. The molecule has 0 aliphatic carbocycles. The molecular formula is C5H12O4P. The molecule has 0 unspecified atom stereocenters. The summed E-state index contributed by atoms with van der Waals surface area (Å²) in [4.78, 5) is 16.4. The normalized spacial score (nSPS) is 11.9. The lowest BCUT2D eigenvalue weighted by atomic mass is 10.3. The van der Waals surface area contributed by atoms with Crippen LogP contribution >= 0.6 is 7.82 Å². The summed E-state index contributed by atoms with van der Waals surface area (Å²) in [6.45, 7) is 3.68. The molecule has 0 atom stereocenters. The lowest BCUT2D eigenvalue weighted by Crippen LogP contribution is -1.91. The molecule has 0 aromatic rings. The van der Waals surface area contributed by atoms with E-state index in [0.29, 0.717) is 6.42 Å².